The summed E-state index contributed by atoms with van der Waals surface area (Å²) in [5.74, 6) is -0.0141. The van der Waals surface area contributed by atoms with E-state index in [-0.39, 0.29) is 16.9 Å². The Morgan fingerprint density at radius 1 is 1.33 bits per heavy atom. The number of hydrogen-bond acceptors (Lipinski definition) is 3. The fourth-order valence-electron chi connectivity index (χ4n) is 1.48. The van der Waals surface area contributed by atoms with Gasteiger partial charge in [-0.05, 0) is 24.0 Å². The lowest BCUT2D eigenvalue weighted by Crippen LogP contribution is -2.12. The topological polar surface area (TPSA) is 63.4 Å². The summed E-state index contributed by atoms with van der Waals surface area (Å²) < 4.78 is 0. The Morgan fingerprint density at radius 2 is 1.87 bits per heavy atom. The monoisotopic (exact) mass is 209 g/mol. The first-order chi connectivity index (χ1) is 6.73. The Labute approximate surface area is 88.7 Å². The van der Waals surface area contributed by atoms with Gasteiger partial charge in [0.15, 0.2) is 0 Å². The molecule has 82 valence electrons. The van der Waals surface area contributed by atoms with E-state index in [1.165, 1.54) is 6.07 Å². The van der Waals surface area contributed by atoms with Crippen LogP contribution in [0.1, 0.15) is 31.9 Å². The van der Waals surface area contributed by atoms with Crippen LogP contribution in [-0.2, 0) is 5.41 Å². The quantitative estimate of drug-likeness (QED) is 0.571. The summed E-state index contributed by atoms with van der Waals surface area (Å²) in [4.78, 5) is 10.1. The maximum absolute atomic E-state index is 10.6. The molecule has 4 nitrogen and oxygen atoms in total. The van der Waals surface area contributed by atoms with Crippen LogP contribution in [0.5, 0.6) is 5.75 Å². The van der Waals surface area contributed by atoms with Gasteiger partial charge in [-0.3, -0.25) is 10.1 Å². The molecule has 0 saturated heterocycles. The van der Waals surface area contributed by atoms with Crippen LogP contribution in [0.4, 0.5) is 5.69 Å². The van der Waals surface area contributed by atoms with Gasteiger partial charge in [-0.15, -0.1) is 0 Å². The zero-order valence-corrected chi connectivity index (χ0v) is 9.37. The molecule has 0 aliphatic carbocycles. The summed E-state index contributed by atoms with van der Waals surface area (Å²) in [6, 6.07) is 2.89. The van der Waals surface area contributed by atoms with Gasteiger partial charge in [0.05, 0.1) is 11.0 Å². The van der Waals surface area contributed by atoms with E-state index in [4.69, 9.17) is 0 Å². The first-order valence-corrected chi connectivity index (χ1v) is 4.72. The molecule has 1 aromatic rings. The molecular formula is C11H15NO3. The molecule has 0 fully saturated rings. The van der Waals surface area contributed by atoms with Gasteiger partial charge >= 0.3 is 0 Å². The maximum atomic E-state index is 10.6. The fourth-order valence-corrected chi connectivity index (χ4v) is 1.48. The third kappa shape index (κ3) is 2.26. The first kappa shape index (κ1) is 11.5. The predicted molar refractivity (Wildman–Crippen MR) is 58.2 cm³/mol. The smallest absolute Gasteiger partial charge is 0.276 e. The van der Waals surface area contributed by atoms with Gasteiger partial charge in [0.25, 0.3) is 5.69 Å². The predicted octanol–water partition coefficient (Wildman–Crippen LogP) is 2.91. The number of rotatable bonds is 1. The fraction of sp³-hybridized carbons (Fsp3) is 0.455. The van der Waals surface area contributed by atoms with Crippen LogP contribution in [0, 0.1) is 17.0 Å². The molecule has 0 heterocycles. The van der Waals surface area contributed by atoms with Crippen molar-refractivity contribution in [2.45, 2.75) is 33.1 Å². The maximum Gasteiger partial charge on any atom is 0.276 e. The third-order valence-electron chi connectivity index (χ3n) is 2.32. The SMILES string of the molecule is Cc1cc(C(C)(C)C)c(O)cc1[N+](=O)[O-]. The van der Waals surface area contributed by atoms with E-state index >= 15 is 0 Å². The second-order valence-electron chi connectivity index (χ2n) is 4.66. The molecule has 0 radical (unpaired) electrons. The molecule has 0 amide bonds. The third-order valence-corrected chi connectivity index (χ3v) is 2.32. The number of nitro benzene ring substituents is 1. The Bertz CT molecular complexity index is 405. The van der Waals surface area contributed by atoms with E-state index in [9.17, 15) is 15.2 Å². The van der Waals surface area contributed by atoms with Crippen molar-refractivity contribution >= 4 is 5.69 Å². The average Bonchev–Trinajstić information content (AvgIpc) is 2.06. The minimum atomic E-state index is -0.485. The normalized spacial score (nSPS) is 11.5. The van der Waals surface area contributed by atoms with Crippen molar-refractivity contribution in [3.05, 3.63) is 33.4 Å². The molecule has 0 bridgehead atoms. The van der Waals surface area contributed by atoms with Crippen LogP contribution in [0.2, 0.25) is 0 Å². The Morgan fingerprint density at radius 3 is 2.27 bits per heavy atom. The van der Waals surface area contributed by atoms with Crippen molar-refractivity contribution in [1.82, 2.24) is 0 Å². The number of hydrogen-bond donors (Lipinski definition) is 1. The molecule has 1 rings (SSSR count). The molecular weight excluding hydrogens is 194 g/mol. The average molecular weight is 209 g/mol. The standard InChI is InChI=1S/C11H15NO3/c1-7-5-8(11(2,3)4)10(13)6-9(7)12(14)15/h5-6,13H,1-4H3. The highest BCUT2D eigenvalue weighted by atomic mass is 16.6. The van der Waals surface area contributed by atoms with Crippen molar-refractivity contribution in [2.24, 2.45) is 0 Å². The van der Waals surface area contributed by atoms with Gasteiger partial charge in [-0.1, -0.05) is 20.8 Å². The molecule has 0 aliphatic heterocycles. The number of phenolic OH excluding ortho intramolecular Hbond substituents is 1. The Hall–Kier alpha value is -1.58. The molecule has 1 aromatic carbocycles. The van der Waals surface area contributed by atoms with Crippen LogP contribution in [0.15, 0.2) is 12.1 Å². The van der Waals surface area contributed by atoms with Crippen LogP contribution in [-0.4, -0.2) is 10.0 Å². The van der Waals surface area contributed by atoms with E-state index in [2.05, 4.69) is 0 Å². The molecule has 0 atom stereocenters. The van der Waals surface area contributed by atoms with E-state index < -0.39 is 4.92 Å². The van der Waals surface area contributed by atoms with Crippen molar-refractivity contribution in [1.29, 1.82) is 0 Å². The van der Waals surface area contributed by atoms with Gasteiger partial charge < -0.3 is 5.11 Å². The summed E-state index contributed by atoms with van der Waals surface area (Å²) in [7, 11) is 0. The van der Waals surface area contributed by atoms with Crippen molar-refractivity contribution in [2.75, 3.05) is 0 Å². The molecule has 15 heavy (non-hydrogen) atoms. The number of aryl methyl sites for hydroxylation is 1. The summed E-state index contributed by atoms with van der Waals surface area (Å²) in [5, 5.41) is 20.3. The van der Waals surface area contributed by atoms with E-state index in [0.29, 0.717) is 5.56 Å². The summed E-state index contributed by atoms with van der Waals surface area (Å²) in [6.45, 7) is 7.53. The number of benzene rings is 1. The van der Waals surface area contributed by atoms with Gasteiger partial charge in [0.1, 0.15) is 5.75 Å². The van der Waals surface area contributed by atoms with E-state index in [1.54, 1.807) is 13.0 Å². The van der Waals surface area contributed by atoms with Crippen molar-refractivity contribution < 1.29 is 10.0 Å². The molecule has 0 saturated carbocycles. The summed E-state index contributed by atoms with van der Waals surface area (Å²) in [6.07, 6.45) is 0. The second-order valence-corrected chi connectivity index (χ2v) is 4.66. The second kappa shape index (κ2) is 3.53. The Kier molecular flexibility index (Phi) is 2.71. The molecule has 4 heteroatoms. The minimum absolute atomic E-state index is 0.0141. The van der Waals surface area contributed by atoms with Gasteiger partial charge in [-0.25, -0.2) is 0 Å². The van der Waals surface area contributed by atoms with Crippen molar-refractivity contribution in [3.63, 3.8) is 0 Å². The number of phenols is 1. The van der Waals surface area contributed by atoms with Crippen LogP contribution in [0.3, 0.4) is 0 Å². The van der Waals surface area contributed by atoms with E-state index in [0.717, 1.165) is 5.56 Å². The van der Waals surface area contributed by atoms with Crippen LogP contribution in [0.25, 0.3) is 0 Å². The van der Waals surface area contributed by atoms with E-state index in [1.807, 2.05) is 20.8 Å². The van der Waals surface area contributed by atoms with Crippen molar-refractivity contribution in [3.8, 4) is 5.75 Å². The number of nitrogens with zero attached hydrogens (tertiary/aromatic N) is 1. The lowest BCUT2D eigenvalue weighted by Gasteiger charge is -2.20. The highest BCUT2D eigenvalue weighted by molar-refractivity contribution is 5.51. The number of nitro groups is 1. The molecule has 0 aliphatic rings. The molecule has 0 aromatic heterocycles. The van der Waals surface area contributed by atoms with Gasteiger partial charge in [0, 0.05) is 5.56 Å². The summed E-state index contributed by atoms with van der Waals surface area (Å²) >= 11 is 0. The summed E-state index contributed by atoms with van der Waals surface area (Å²) in [5.41, 5.74) is 1.04. The van der Waals surface area contributed by atoms with Crippen LogP contribution < -0.4 is 0 Å². The van der Waals surface area contributed by atoms with Gasteiger partial charge in [-0.2, -0.15) is 0 Å². The molecule has 0 unspecified atom stereocenters. The lowest BCUT2D eigenvalue weighted by atomic mass is 9.85. The van der Waals surface area contributed by atoms with Gasteiger partial charge in [0.2, 0.25) is 0 Å². The highest BCUT2D eigenvalue weighted by Crippen LogP contribution is 2.35. The van der Waals surface area contributed by atoms with Crippen LogP contribution >= 0.6 is 0 Å². The first-order valence-electron chi connectivity index (χ1n) is 4.72. The largest absolute Gasteiger partial charge is 0.507 e. The minimum Gasteiger partial charge on any atom is -0.507 e. The number of aromatic hydroxyl groups is 1. The zero-order valence-electron chi connectivity index (χ0n) is 9.37. The lowest BCUT2D eigenvalue weighted by molar-refractivity contribution is -0.385. The highest BCUT2D eigenvalue weighted by Gasteiger charge is 2.22. The Balaban J connectivity index is 3.39. The molecule has 0 spiro atoms. The molecule has 1 N–H and O–H groups in total. The zero-order chi connectivity index (χ0) is 11.8.